The van der Waals surface area contributed by atoms with Crippen LogP contribution < -0.4 is 0 Å². The van der Waals surface area contributed by atoms with Gasteiger partial charge < -0.3 is 10.2 Å². The average Bonchev–Trinajstić information content (AvgIpc) is 0.811. The summed E-state index contributed by atoms with van der Waals surface area (Å²) in [4.78, 5) is 8.56. The maximum absolute atomic E-state index is 8.56. The molecule has 6 heteroatoms. The van der Waals surface area contributed by atoms with Gasteiger partial charge >= 0.3 is 43.9 Å². The van der Waals surface area contributed by atoms with Crippen molar-refractivity contribution in [1.82, 2.24) is 0 Å². The molecule has 0 amide bonds. The summed E-state index contributed by atoms with van der Waals surface area (Å²) >= 11 is 0. The molecule has 0 aliphatic rings. The summed E-state index contributed by atoms with van der Waals surface area (Å²) < 4.78 is 0. The third kappa shape index (κ3) is 268. The molecule has 0 rings (SSSR count). The van der Waals surface area contributed by atoms with Crippen LogP contribution in [0.1, 0.15) is 0 Å². The van der Waals surface area contributed by atoms with E-state index in [0.717, 1.165) is 0 Å². The van der Waals surface area contributed by atoms with Crippen molar-refractivity contribution in [2.75, 3.05) is 0 Å². The van der Waals surface area contributed by atoms with Gasteiger partial charge in [-0.1, -0.05) is 0 Å². The van der Waals surface area contributed by atoms with E-state index in [2.05, 4.69) is 0 Å². The van der Waals surface area contributed by atoms with Gasteiger partial charge in [-0.05, 0) is 0 Å². The molecule has 0 aliphatic heterocycles. The Balaban J connectivity index is -0.0000000150. The van der Waals surface area contributed by atoms with Gasteiger partial charge in [-0.2, -0.15) is 0 Å². The Morgan fingerprint density at radius 1 is 1.14 bits per heavy atom. The van der Waals surface area contributed by atoms with Gasteiger partial charge in [0.05, 0.1) is 0 Å². The summed E-state index contributed by atoms with van der Waals surface area (Å²) in [7, 11) is 0. The van der Waals surface area contributed by atoms with E-state index in [-0.39, 0.29) is 50.1 Å². The Morgan fingerprint density at radius 2 is 1.14 bits per heavy atom. The first-order valence-corrected chi connectivity index (χ1v) is 0.651. The Hall–Kier alpha value is 0.755. The van der Waals surface area contributed by atoms with Crippen molar-refractivity contribution in [2.45, 2.75) is 0 Å². The van der Waals surface area contributed by atoms with Crippen molar-refractivity contribution < 1.29 is 15.0 Å². The van der Waals surface area contributed by atoms with Crippen molar-refractivity contribution in [3.05, 3.63) is 0 Å². The monoisotopic (exact) mass is 114 g/mol. The zero-order valence-electron chi connectivity index (χ0n) is 2.21. The van der Waals surface area contributed by atoms with Gasteiger partial charge in [0.15, 0.2) is 0 Å². The van der Waals surface area contributed by atoms with Crippen LogP contribution in [0.25, 0.3) is 0 Å². The number of halogens is 1. The summed E-state index contributed by atoms with van der Waals surface area (Å²) in [5.74, 6) is 0. The van der Waals surface area contributed by atoms with Crippen LogP contribution in [0, 0.1) is 0 Å². The molecular weight excluding hydrogens is 109 g/mol. The van der Waals surface area contributed by atoms with E-state index in [9.17, 15) is 0 Å². The fraction of sp³-hybridized carbons (Fsp3) is 0. The van der Waals surface area contributed by atoms with Crippen LogP contribution in [0.5, 0.6) is 0 Å². The van der Waals surface area contributed by atoms with Gasteiger partial charge in [-0.25, -0.2) is 4.79 Å². The summed E-state index contributed by atoms with van der Waals surface area (Å²) in [5.41, 5.74) is 0. The molecule has 0 aromatic carbocycles. The fourth-order valence-corrected chi connectivity index (χ4v) is 0. The molecule has 0 aromatic rings. The second kappa shape index (κ2) is 15.9. The summed E-state index contributed by atoms with van der Waals surface area (Å²) in [6.45, 7) is 0. The van der Waals surface area contributed by atoms with Gasteiger partial charge in [0.1, 0.15) is 0 Å². The van der Waals surface area contributed by atoms with E-state index in [1.807, 2.05) is 0 Å². The molecule has 0 spiro atoms. The van der Waals surface area contributed by atoms with Gasteiger partial charge in [0, 0.05) is 0 Å². The molecule has 0 saturated heterocycles. The zero-order chi connectivity index (χ0) is 3.58. The molecule has 0 heterocycles. The van der Waals surface area contributed by atoms with Crippen LogP contribution >= 0.6 is 12.4 Å². The number of rotatable bonds is 0. The van der Waals surface area contributed by atoms with Crippen LogP contribution in [0.2, 0.25) is 0 Å². The molecule has 0 unspecified atom stereocenters. The predicted molar refractivity (Wildman–Crippen MR) is 32.2 cm³/mol. The fourth-order valence-electron chi connectivity index (χ4n) is 0. The van der Waals surface area contributed by atoms with Gasteiger partial charge in [0.25, 0.3) is 0 Å². The van der Waals surface area contributed by atoms with Crippen LogP contribution in [0.15, 0.2) is 0 Å². The quantitative estimate of drug-likeness (QED) is 0.411. The van der Waals surface area contributed by atoms with Crippen molar-refractivity contribution >= 4 is 56.3 Å². The van der Waals surface area contributed by atoms with E-state index in [4.69, 9.17) is 15.0 Å². The molecule has 0 aromatic heterocycles. The van der Waals surface area contributed by atoms with E-state index < -0.39 is 6.16 Å². The Kier molecular flexibility index (Phi) is 56.9. The number of carbonyl (C=O) groups is 1. The van der Waals surface area contributed by atoms with Gasteiger partial charge in [-0.3, -0.25) is 0 Å². The Labute approximate surface area is 71.2 Å². The molecule has 3 nitrogen and oxygen atoms in total. The third-order valence-corrected chi connectivity index (χ3v) is 0. The third-order valence-electron chi connectivity index (χ3n) is 0. The minimum absolute atomic E-state index is 0. The second-order valence-corrected chi connectivity index (χ2v) is 0.283. The van der Waals surface area contributed by atoms with Crippen molar-refractivity contribution in [3.63, 3.8) is 0 Å². The molecule has 0 fully saturated rings. The Morgan fingerprint density at radius 3 is 1.14 bits per heavy atom. The normalized spacial score (nSPS) is 3.43. The minimum atomic E-state index is -1.83. The molecule has 0 bridgehead atoms. The summed E-state index contributed by atoms with van der Waals surface area (Å²) in [5, 5.41) is 13.9. The molecule has 2 N–H and O–H groups in total. The van der Waals surface area contributed by atoms with Crippen LogP contribution in [0.4, 0.5) is 4.79 Å². The molecule has 0 aliphatic carbocycles. The van der Waals surface area contributed by atoms with E-state index in [0.29, 0.717) is 0 Å². The van der Waals surface area contributed by atoms with E-state index >= 15 is 0 Å². The van der Waals surface area contributed by atoms with Crippen molar-refractivity contribution in [3.8, 4) is 0 Å². The molecule has 7 heavy (non-hydrogen) atoms. The molecular formula is CH5ClLi2O3. The van der Waals surface area contributed by atoms with Crippen LogP contribution in [-0.2, 0) is 0 Å². The van der Waals surface area contributed by atoms with Gasteiger partial charge in [0.2, 0.25) is 0 Å². The van der Waals surface area contributed by atoms with Crippen LogP contribution in [-0.4, -0.2) is 54.1 Å². The molecule has 36 valence electrons. The molecule has 0 saturated carbocycles. The first-order chi connectivity index (χ1) is 1.73. The van der Waals surface area contributed by atoms with Crippen LogP contribution in [0.3, 0.4) is 0 Å². The summed E-state index contributed by atoms with van der Waals surface area (Å²) in [6.07, 6.45) is -1.83. The van der Waals surface area contributed by atoms with Crippen molar-refractivity contribution in [1.29, 1.82) is 0 Å². The predicted octanol–water partition coefficient (Wildman–Crippen LogP) is -0.653. The topological polar surface area (TPSA) is 57.5 Å². The first kappa shape index (κ1) is 25.1. The molecule has 0 atom stereocenters. The first-order valence-electron chi connectivity index (χ1n) is 0.651. The standard InChI is InChI=1S/CH2O3.ClH.2Li.2H/c2-1(3)4;;;;;/h(H2,2,3,4);1H;;;;. The number of hydrogen-bond donors (Lipinski definition) is 2. The van der Waals surface area contributed by atoms with E-state index in [1.54, 1.807) is 0 Å². The summed E-state index contributed by atoms with van der Waals surface area (Å²) in [6, 6.07) is 0. The zero-order valence-corrected chi connectivity index (χ0v) is 3.03. The number of carboxylic acid groups (broad SMARTS) is 2. The van der Waals surface area contributed by atoms with Gasteiger partial charge in [-0.15, -0.1) is 12.4 Å². The Bertz CT molecular complexity index is 35.9. The maximum atomic E-state index is 8.56. The van der Waals surface area contributed by atoms with E-state index in [1.165, 1.54) is 0 Å². The molecule has 0 radical (unpaired) electrons. The number of hydrogen-bond acceptors (Lipinski definition) is 1. The van der Waals surface area contributed by atoms with Crippen molar-refractivity contribution in [2.24, 2.45) is 0 Å². The average molecular weight is 114 g/mol. The second-order valence-electron chi connectivity index (χ2n) is 0.283. The SMILES string of the molecule is Cl.O=C(O)O.[LiH].[LiH].